The number of methoxy groups -OCH3 is 1. The quantitative estimate of drug-likeness (QED) is 0.664. The molecule has 28 heavy (non-hydrogen) atoms. The number of benzene rings is 2. The van der Waals surface area contributed by atoms with E-state index in [0.717, 1.165) is 4.90 Å². The first-order valence-corrected chi connectivity index (χ1v) is 8.48. The highest BCUT2D eigenvalue weighted by atomic mass is 16.5. The van der Waals surface area contributed by atoms with Gasteiger partial charge in [0.15, 0.2) is 12.7 Å². The Morgan fingerprint density at radius 1 is 1.11 bits per heavy atom. The van der Waals surface area contributed by atoms with Gasteiger partial charge in [0.05, 0.1) is 13.7 Å². The van der Waals surface area contributed by atoms with Crippen molar-refractivity contribution in [3.05, 3.63) is 60.2 Å². The van der Waals surface area contributed by atoms with Crippen LogP contribution in [0.15, 0.2) is 54.6 Å². The van der Waals surface area contributed by atoms with Crippen molar-refractivity contribution in [3.63, 3.8) is 0 Å². The molecular formula is C20H22N2O6. The monoisotopic (exact) mass is 386 g/mol. The number of hydrogen-bond acceptors (Lipinski definition) is 6. The van der Waals surface area contributed by atoms with Crippen LogP contribution in [0.2, 0.25) is 0 Å². The van der Waals surface area contributed by atoms with Crippen LogP contribution >= 0.6 is 0 Å². The van der Waals surface area contributed by atoms with E-state index in [2.05, 4.69) is 5.32 Å². The van der Waals surface area contributed by atoms with E-state index in [-0.39, 0.29) is 6.54 Å². The Morgan fingerprint density at radius 3 is 2.50 bits per heavy atom. The normalized spacial score (nSPS) is 11.2. The van der Waals surface area contributed by atoms with Gasteiger partial charge in [-0.1, -0.05) is 36.4 Å². The molecule has 0 heterocycles. The molecule has 0 aliphatic rings. The zero-order chi connectivity index (χ0) is 20.5. The Hall–Kier alpha value is -3.39. The van der Waals surface area contributed by atoms with E-state index in [1.54, 1.807) is 54.6 Å². The van der Waals surface area contributed by atoms with Crippen LogP contribution in [-0.2, 0) is 19.1 Å². The number of amides is 2. The van der Waals surface area contributed by atoms with Crippen molar-refractivity contribution < 1.29 is 29.0 Å². The SMILES string of the molecule is COc1cccc(NC(=O)CN(C)C(=O)COC(=O)[C@@H](O)c2ccccc2)c1. The van der Waals surface area contributed by atoms with E-state index >= 15 is 0 Å². The lowest BCUT2D eigenvalue weighted by molar-refractivity contribution is -0.159. The van der Waals surface area contributed by atoms with Crippen molar-refractivity contribution in [2.45, 2.75) is 6.10 Å². The average Bonchev–Trinajstić information content (AvgIpc) is 2.71. The van der Waals surface area contributed by atoms with Gasteiger partial charge in [0, 0.05) is 18.8 Å². The smallest absolute Gasteiger partial charge is 0.340 e. The van der Waals surface area contributed by atoms with Gasteiger partial charge in [-0.2, -0.15) is 0 Å². The lowest BCUT2D eigenvalue weighted by Gasteiger charge is -2.17. The summed E-state index contributed by atoms with van der Waals surface area (Å²) in [5.74, 6) is -1.34. The summed E-state index contributed by atoms with van der Waals surface area (Å²) in [6, 6.07) is 15.0. The number of nitrogens with zero attached hydrogens (tertiary/aromatic N) is 1. The molecule has 8 nitrogen and oxygen atoms in total. The number of hydrogen-bond donors (Lipinski definition) is 2. The molecule has 0 aromatic heterocycles. The fourth-order valence-electron chi connectivity index (χ4n) is 2.30. The van der Waals surface area contributed by atoms with E-state index < -0.39 is 30.5 Å². The molecule has 1 atom stereocenters. The molecule has 0 saturated carbocycles. The van der Waals surface area contributed by atoms with Crippen LogP contribution in [0.5, 0.6) is 5.75 Å². The summed E-state index contributed by atoms with van der Waals surface area (Å²) in [5, 5.41) is 12.6. The molecule has 2 N–H and O–H groups in total. The fourth-order valence-corrected chi connectivity index (χ4v) is 2.30. The van der Waals surface area contributed by atoms with Crippen molar-refractivity contribution >= 4 is 23.5 Å². The summed E-state index contributed by atoms with van der Waals surface area (Å²) in [6.45, 7) is -0.805. The molecule has 0 bridgehead atoms. The topological polar surface area (TPSA) is 105 Å². The van der Waals surface area contributed by atoms with Gasteiger partial charge in [0.25, 0.3) is 5.91 Å². The van der Waals surface area contributed by atoms with Crippen molar-refractivity contribution in [3.8, 4) is 5.75 Å². The Balaban J connectivity index is 1.80. The predicted octanol–water partition coefficient (Wildman–Crippen LogP) is 1.37. The van der Waals surface area contributed by atoms with Gasteiger partial charge in [0.1, 0.15) is 5.75 Å². The second-order valence-electron chi connectivity index (χ2n) is 5.95. The lowest BCUT2D eigenvalue weighted by atomic mass is 10.1. The third kappa shape index (κ3) is 6.10. The number of esters is 1. The van der Waals surface area contributed by atoms with Gasteiger partial charge in [-0.05, 0) is 17.7 Å². The molecular weight excluding hydrogens is 364 g/mol. The molecule has 0 spiro atoms. The minimum Gasteiger partial charge on any atom is -0.497 e. The van der Waals surface area contributed by atoms with Crippen LogP contribution < -0.4 is 10.1 Å². The molecule has 2 aromatic carbocycles. The summed E-state index contributed by atoms with van der Waals surface area (Å²) in [5.41, 5.74) is 0.897. The molecule has 0 unspecified atom stereocenters. The highest BCUT2D eigenvalue weighted by Crippen LogP contribution is 2.16. The van der Waals surface area contributed by atoms with Gasteiger partial charge in [0.2, 0.25) is 5.91 Å². The fraction of sp³-hybridized carbons (Fsp3) is 0.250. The first kappa shape index (κ1) is 20.9. The molecule has 0 radical (unpaired) electrons. The zero-order valence-corrected chi connectivity index (χ0v) is 15.6. The highest BCUT2D eigenvalue weighted by molar-refractivity contribution is 5.95. The molecule has 8 heteroatoms. The number of carbonyl (C=O) groups is 3. The number of aliphatic hydroxyl groups excluding tert-OH is 1. The van der Waals surface area contributed by atoms with Crippen LogP contribution in [0.3, 0.4) is 0 Å². The maximum Gasteiger partial charge on any atom is 0.340 e. The molecule has 148 valence electrons. The standard InChI is InChI=1S/C20H22N2O6/c1-22(12-17(23)21-15-9-6-10-16(11-15)27-2)18(24)13-28-20(26)19(25)14-7-4-3-5-8-14/h3-11,19,25H,12-13H2,1-2H3,(H,21,23)/t19-/m0/s1. The number of likely N-dealkylation sites (N-methyl/N-ethyl adjacent to an activating group) is 1. The van der Waals surface area contributed by atoms with Gasteiger partial charge < -0.3 is 24.8 Å². The van der Waals surface area contributed by atoms with Crippen molar-refractivity contribution in [1.29, 1.82) is 0 Å². The van der Waals surface area contributed by atoms with Gasteiger partial charge >= 0.3 is 5.97 Å². The Morgan fingerprint density at radius 2 is 1.82 bits per heavy atom. The number of nitrogens with one attached hydrogen (secondary N) is 1. The van der Waals surface area contributed by atoms with Gasteiger partial charge in [-0.15, -0.1) is 0 Å². The Labute approximate surface area is 162 Å². The number of carbonyl (C=O) groups excluding carboxylic acids is 3. The number of ether oxygens (including phenoxy) is 2. The van der Waals surface area contributed by atoms with Crippen LogP contribution in [0.1, 0.15) is 11.7 Å². The minimum absolute atomic E-state index is 0.227. The van der Waals surface area contributed by atoms with Crippen LogP contribution in [0.4, 0.5) is 5.69 Å². The summed E-state index contributed by atoms with van der Waals surface area (Å²) in [4.78, 5) is 37.1. The van der Waals surface area contributed by atoms with Crippen LogP contribution in [-0.4, -0.2) is 55.1 Å². The predicted molar refractivity (Wildman–Crippen MR) is 102 cm³/mol. The highest BCUT2D eigenvalue weighted by Gasteiger charge is 2.21. The van der Waals surface area contributed by atoms with E-state index in [0.29, 0.717) is 17.0 Å². The molecule has 2 amide bonds. The summed E-state index contributed by atoms with van der Waals surface area (Å²) in [6.07, 6.45) is -1.48. The number of aliphatic hydroxyl groups is 1. The minimum atomic E-state index is -1.48. The first-order valence-electron chi connectivity index (χ1n) is 8.48. The van der Waals surface area contributed by atoms with Crippen LogP contribution in [0.25, 0.3) is 0 Å². The average molecular weight is 386 g/mol. The number of anilines is 1. The third-order valence-electron chi connectivity index (χ3n) is 3.84. The Kier molecular flexibility index (Phi) is 7.53. The molecule has 2 aromatic rings. The lowest BCUT2D eigenvalue weighted by Crippen LogP contribution is -2.37. The van der Waals surface area contributed by atoms with Crippen molar-refractivity contribution in [1.82, 2.24) is 4.90 Å². The Bertz CT molecular complexity index is 824. The van der Waals surface area contributed by atoms with Crippen LogP contribution in [0, 0.1) is 0 Å². The molecule has 0 aliphatic carbocycles. The second-order valence-corrected chi connectivity index (χ2v) is 5.95. The molecule has 0 saturated heterocycles. The number of rotatable bonds is 8. The van der Waals surface area contributed by atoms with E-state index in [4.69, 9.17) is 9.47 Å². The summed E-state index contributed by atoms with van der Waals surface area (Å²) >= 11 is 0. The summed E-state index contributed by atoms with van der Waals surface area (Å²) in [7, 11) is 2.93. The first-order chi connectivity index (χ1) is 13.4. The van der Waals surface area contributed by atoms with E-state index in [9.17, 15) is 19.5 Å². The second kappa shape index (κ2) is 10.1. The zero-order valence-electron chi connectivity index (χ0n) is 15.6. The van der Waals surface area contributed by atoms with E-state index in [1.807, 2.05) is 0 Å². The molecule has 2 rings (SSSR count). The maximum absolute atomic E-state index is 12.1. The maximum atomic E-state index is 12.1. The van der Waals surface area contributed by atoms with Gasteiger partial charge in [-0.25, -0.2) is 4.79 Å². The van der Waals surface area contributed by atoms with Crippen molar-refractivity contribution in [2.75, 3.05) is 32.6 Å². The van der Waals surface area contributed by atoms with E-state index in [1.165, 1.54) is 14.2 Å². The van der Waals surface area contributed by atoms with Gasteiger partial charge in [-0.3, -0.25) is 9.59 Å². The molecule has 0 aliphatic heterocycles. The van der Waals surface area contributed by atoms with Crippen molar-refractivity contribution in [2.24, 2.45) is 0 Å². The third-order valence-corrected chi connectivity index (χ3v) is 3.84. The summed E-state index contributed by atoms with van der Waals surface area (Å²) < 4.78 is 9.92. The molecule has 0 fully saturated rings. The largest absolute Gasteiger partial charge is 0.497 e.